The van der Waals surface area contributed by atoms with Gasteiger partial charge < -0.3 is 0 Å². The highest BCUT2D eigenvalue weighted by molar-refractivity contribution is 5.85. The number of nitrogens with zero attached hydrogens (tertiary/aromatic N) is 3. The molecule has 2 aromatic heterocycles. The number of hydrogen-bond acceptors (Lipinski definition) is 3. The van der Waals surface area contributed by atoms with Gasteiger partial charge in [-0.2, -0.15) is 0 Å². The first kappa shape index (κ1) is 36.3. The summed E-state index contributed by atoms with van der Waals surface area (Å²) < 4.78 is 0. The first-order valence-corrected chi connectivity index (χ1v) is 20.2. The van der Waals surface area contributed by atoms with Crippen molar-refractivity contribution >= 4 is 0 Å². The molecular weight excluding hydrogens is 727 g/mol. The maximum absolute atomic E-state index is 5.34. The Balaban J connectivity index is 1.14. The molecule has 0 atom stereocenters. The van der Waals surface area contributed by atoms with E-state index in [0.717, 1.165) is 67.0 Å². The van der Waals surface area contributed by atoms with Crippen LogP contribution in [0.15, 0.2) is 237 Å². The molecule has 0 saturated heterocycles. The van der Waals surface area contributed by atoms with Gasteiger partial charge in [0.2, 0.25) is 0 Å². The van der Waals surface area contributed by atoms with Crippen LogP contribution >= 0.6 is 0 Å². The van der Waals surface area contributed by atoms with Gasteiger partial charge in [0.15, 0.2) is 5.82 Å². The van der Waals surface area contributed by atoms with E-state index in [1.54, 1.807) is 6.20 Å². The van der Waals surface area contributed by atoms with Gasteiger partial charge in [-0.15, -0.1) is 0 Å². The Kier molecular flexibility index (Phi) is 9.97. The van der Waals surface area contributed by atoms with E-state index < -0.39 is 0 Å². The third-order valence-electron chi connectivity index (χ3n) is 11.0. The largest absolute Gasteiger partial charge is 0.264 e. The summed E-state index contributed by atoms with van der Waals surface area (Å²) >= 11 is 0. The van der Waals surface area contributed by atoms with E-state index in [-0.39, 0.29) is 0 Å². The molecule has 10 aromatic rings. The Morgan fingerprint density at radius 2 is 0.567 bits per heavy atom. The number of hydrogen-bond donors (Lipinski definition) is 0. The van der Waals surface area contributed by atoms with Gasteiger partial charge in [-0.25, -0.2) is 9.97 Å². The zero-order valence-corrected chi connectivity index (χ0v) is 32.9. The van der Waals surface area contributed by atoms with E-state index in [9.17, 15) is 0 Å². The molecule has 282 valence electrons. The van der Waals surface area contributed by atoms with E-state index in [2.05, 4.69) is 217 Å². The molecule has 3 nitrogen and oxygen atoms in total. The zero-order chi connectivity index (χ0) is 40.1. The second kappa shape index (κ2) is 16.5. The molecule has 0 N–H and O–H groups in total. The summed E-state index contributed by atoms with van der Waals surface area (Å²) in [6.45, 7) is 0. The van der Waals surface area contributed by atoms with E-state index in [1.807, 2.05) is 18.3 Å². The molecule has 3 heteroatoms. The lowest BCUT2D eigenvalue weighted by atomic mass is 9.92. The molecule has 0 saturated carbocycles. The third-order valence-corrected chi connectivity index (χ3v) is 11.0. The van der Waals surface area contributed by atoms with Crippen LogP contribution in [-0.4, -0.2) is 15.0 Å². The quantitative estimate of drug-likeness (QED) is 0.147. The molecule has 0 aliphatic heterocycles. The number of benzene rings is 8. The molecule has 0 amide bonds. The van der Waals surface area contributed by atoms with Crippen LogP contribution in [0.2, 0.25) is 0 Å². The van der Waals surface area contributed by atoms with Crippen molar-refractivity contribution in [3.05, 3.63) is 237 Å². The van der Waals surface area contributed by atoms with Crippen molar-refractivity contribution in [1.82, 2.24) is 15.0 Å². The maximum Gasteiger partial charge on any atom is 0.160 e. The summed E-state index contributed by atoms with van der Waals surface area (Å²) in [5, 5.41) is 0. The van der Waals surface area contributed by atoms with Crippen molar-refractivity contribution in [3.63, 3.8) is 0 Å². The van der Waals surface area contributed by atoms with Crippen LogP contribution in [0.4, 0.5) is 0 Å². The Labute approximate surface area is 351 Å². The van der Waals surface area contributed by atoms with Crippen LogP contribution in [0.3, 0.4) is 0 Å². The molecule has 0 aliphatic carbocycles. The molecular formula is C57H39N3. The van der Waals surface area contributed by atoms with E-state index >= 15 is 0 Å². The van der Waals surface area contributed by atoms with Crippen LogP contribution in [0.1, 0.15) is 0 Å². The average molecular weight is 766 g/mol. The third kappa shape index (κ3) is 7.80. The minimum atomic E-state index is 0.663. The minimum Gasteiger partial charge on any atom is -0.264 e. The smallest absolute Gasteiger partial charge is 0.160 e. The number of aromatic nitrogens is 3. The molecule has 0 spiro atoms. The molecule has 0 bridgehead atoms. The van der Waals surface area contributed by atoms with Crippen molar-refractivity contribution in [3.8, 4) is 101 Å². The predicted molar refractivity (Wildman–Crippen MR) is 249 cm³/mol. The van der Waals surface area contributed by atoms with Gasteiger partial charge in [-0.05, 0) is 109 Å². The standard InChI is InChI=1S/C57H39N3/c1-4-13-40(14-5-1)43-24-28-45(29-25-43)55-38-56(60-57(59-55)46-30-26-44(27-31-46)51-23-12-32-58-39-51)54-36-52(49-21-10-19-47(33-49)41-15-6-2-7-16-41)35-53(37-54)50-22-11-20-48(34-50)42-17-8-3-9-18-42/h1-39H. The van der Waals surface area contributed by atoms with Crippen molar-refractivity contribution in [2.75, 3.05) is 0 Å². The number of pyridine rings is 1. The Morgan fingerprint density at radius 3 is 1.07 bits per heavy atom. The van der Waals surface area contributed by atoms with Gasteiger partial charge in [0.05, 0.1) is 11.4 Å². The molecule has 0 unspecified atom stereocenters. The summed E-state index contributed by atoms with van der Waals surface area (Å²) in [6.07, 6.45) is 3.69. The average Bonchev–Trinajstić information content (AvgIpc) is 3.35. The Hall–Kier alpha value is -8.01. The van der Waals surface area contributed by atoms with Crippen LogP contribution < -0.4 is 0 Å². The second-order valence-corrected chi connectivity index (χ2v) is 14.9. The Bertz CT molecular complexity index is 2830. The van der Waals surface area contributed by atoms with E-state index in [0.29, 0.717) is 5.82 Å². The van der Waals surface area contributed by atoms with E-state index in [4.69, 9.17) is 9.97 Å². The summed E-state index contributed by atoms with van der Waals surface area (Å²) in [6, 6.07) is 79.4. The lowest BCUT2D eigenvalue weighted by molar-refractivity contribution is 1.18. The van der Waals surface area contributed by atoms with Crippen LogP contribution in [-0.2, 0) is 0 Å². The van der Waals surface area contributed by atoms with Gasteiger partial charge >= 0.3 is 0 Å². The maximum atomic E-state index is 5.34. The van der Waals surface area contributed by atoms with Gasteiger partial charge in [0.25, 0.3) is 0 Å². The fourth-order valence-corrected chi connectivity index (χ4v) is 7.81. The van der Waals surface area contributed by atoms with Crippen LogP contribution in [0, 0.1) is 0 Å². The van der Waals surface area contributed by atoms with Crippen molar-refractivity contribution in [2.24, 2.45) is 0 Å². The topological polar surface area (TPSA) is 38.7 Å². The summed E-state index contributed by atoms with van der Waals surface area (Å²) in [5.41, 5.74) is 18.4. The van der Waals surface area contributed by atoms with Crippen molar-refractivity contribution in [1.29, 1.82) is 0 Å². The second-order valence-electron chi connectivity index (χ2n) is 14.9. The highest BCUT2D eigenvalue weighted by Crippen LogP contribution is 2.37. The molecule has 0 radical (unpaired) electrons. The van der Waals surface area contributed by atoms with Crippen molar-refractivity contribution < 1.29 is 0 Å². The van der Waals surface area contributed by atoms with E-state index in [1.165, 1.54) is 27.8 Å². The van der Waals surface area contributed by atoms with Gasteiger partial charge in [0, 0.05) is 29.1 Å². The Morgan fingerprint density at radius 1 is 0.217 bits per heavy atom. The summed E-state index contributed by atoms with van der Waals surface area (Å²) in [4.78, 5) is 14.9. The SMILES string of the molecule is c1ccc(-c2ccc(-c3cc(-c4cc(-c5cccc(-c6ccccc6)c5)cc(-c5cccc(-c6ccccc6)c5)c4)nc(-c4ccc(-c5cccnc5)cc4)n3)cc2)cc1. The highest BCUT2D eigenvalue weighted by Gasteiger charge is 2.15. The van der Waals surface area contributed by atoms with Crippen LogP contribution in [0.5, 0.6) is 0 Å². The number of rotatable bonds is 9. The van der Waals surface area contributed by atoms with Crippen molar-refractivity contribution in [2.45, 2.75) is 0 Å². The van der Waals surface area contributed by atoms with Crippen LogP contribution in [0.25, 0.3) is 101 Å². The predicted octanol–water partition coefficient (Wildman–Crippen LogP) is 14.9. The molecule has 8 aromatic carbocycles. The normalized spacial score (nSPS) is 11.0. The van der Waals surface area contributed by atoms with Gasteiger partial charge in [0.1, 0.15) is 0 Å². The van der Waals surface area contributed by atoms with Gasteiger partial charge in [-0.1, -0.05) is 182 Å². The zero-order valence-electron chi connectivity index (χ0n) is 32.9. The first-order chi connectivity index (χ1) is 29.7. The van der Waals surface area contributed by atoms with Gasteiger partial charge in [-0.3, -0.25) is 4.98 Å². The summed E-state index contributed by atoms with van der Waals surface area (Å²) in [5.74, 6) is 0.663. The summed E-state index contributed by atoms with van der Waals surface area (Å²) in [7, 11) is 0. The molecule has 2 heterocycles. The lowest BCUT2D eigenvalue weighted by Gasteiger charge is -2.15. The minimum absolute atomic E-state index is 0.663. The first-order valence-electron chi connectivity index (χ1n) is 20.2. The molecule has 0 aliphatic rings. The fourth-order valence-electron chi connectivity index (χ4n) is 7.81. The lowest BCUT2D eigenvalue weighted by Crippen LogP contribution is -1.97. The molecule has 0 fully saturated rings. The highest BCUT2D eigenvalue weighted by atomic mass is 14.9. The fraction of sp³-hybridized carbons (Fsp3) is 0. The monoisotopic (exact) mass is 765 g/mol. The molecule has 60 heavy (non-hydrogen) atoms. The molecule has 10 rings (SSSR count).